The highest BCUT2D eigenvalue weighted by Crippen LogP contribution is 2.42. The maximum Gasteiger partial charge on any atom is 0.132 e. The van der Waals surface area contributed by atoms with Gasteiger partial charge in [-0.1, -0.05) is 0 Å². The third-order valence-corrected chi connectivity index (χ3v) is 3.62. The normalized spacial score (nSPS) is 46.1. The summed E-state index contributed by atoms with van der Waals surface area (Å²) in [6, 6.07) is 1.98. The lowest BCUT2D eigenvalue weighted by atomic mass is 9.74. The molecular weight excluding hydrogens is 214 g/mol. The summed E-state index contributed by atoms with van der Waals surface area (Å²) in [5.74, 6) is 0. The second kappa shape index (κ2) is 4.30. The van der Waals surface area contributed by atoms with E-state index in [4.69, 9.17) is 14.7 Å². The SMILES string of the molecule is CO[C@]1(C)C[C@H](S)O[C@@H](C)[C@@]1(O)CC#N. The minimum atomic E-state index is -1.28. The second-order valence-electron chi connectivity index (χ2n) is 4.13. The molecule has 0 aliphatic carbocycles. The van der Waals surface area contributed by atoms with Crippen molar-refractivity contribution in [1.29, 1.82) is 5.26 Å². The maximum absolute atomic E-state index is 10.5. The topological polar surface area (TPSA) is 62.5 Å². The molecule has 4 nitrogen and oxygen atoms in total. The van der Waals surface area contributed by atoms with E-state index >= 15 is 0 Å². The Bertz CT molecular complexity index is 280. The Morgan fingerprint density at radius 1 is 1.73 bits per heavy atom. The van der Waals surface area contributed by atoms with Gasteiger partial charge in [-0.2, -0.15) is 5.26 Å². The summed E-state index contributed by atoms with van der Waals surface area (Å²) in [5.41, 5.74) is -2.35. The van der Waals surface area contributed by atoms with Crippen molar-refractivity contribution in [2.45, 2.75) is 49.4 Å². The molecule has 0 amide bonds. The Kier molecular flexibility index (Phi) is 3.67. The van der Waals surface area contributed by atoms with Crippen molar-refractivity contribution >= 4 is 12.6 Å². The molecule has 0 saturated carbocycles. The fourth-order valence-electron chi connectivity index (χ4n) is 2.05. The van der Waals surface area contributed by atoms with E-state index in [0.29, 0.717) is 6.42 Å². The van der Waals surface area contributed by atoms with Crippen molar-refractivity contribution in [2.75, 3.05) is 7.11 Å². The summed E-state index contributed by atoms with van der Waals surface area (Å²) < 4.78 is 10.8. The number of rotatable bonds is 2. The highest BCUT2D eigenvalue weighted by molar-refractivity contribution is 7.80. The molecule has 0 aromatic rings. The van der Waals surface area contributed by atoms with E-state index in [0.717, 1.165) is 0 Å². The monoisotopic (exact) mass is 231 g/mol. The fourth-order valence-corrected chi connectivity index (χ4v) is 2.58. The van der Waals surface area contributed by atoms with Crippen molar-refractivity contribution in [3.8, 4) is 6.07 Å². The second-order valence-corrected chi connectivity index (χ2v) is 4.71. The first-order valence-electron chi connectivity index (χ1n) is 4.87. The van der Waals surface area contributed by atoms with Crippen LogP contribution in [0.1, 0.15) is 26.7 Å². The van der Waals surface area contributed by atoms with Crippen molar-refractivity contribution in [3.63, 3.8) is 0 Å². The van der Waals surface area contributed by atoms with Crippen LogP contribution < -0.4 is 0 Å². The van der Waals surface area contributed by atoms with Gasteiger partial charge in [0, 0.05) is 13.5 Å². The number of nitrogens with zero attached hydrogens (tertiary/aromatic N) is 1. The van der Waals surface area contributed by atoms with Gasteiger partial charge in [0.15, 0.2) is 0 Å². The summed E-state index contributed by atoms with van der Waals surface area (Å²) in [6.45, 7) is 3.52. The first kappa shape index (κ1) is 12.8. The van der Waals surface area contributed by atoms with Gasteiger partial charge in [-0.15, -0.1) is 12.6 Å². The molecule has 86 valence electrons. The molecule has 4 atom stereocenters. The number of hydrogen-bond donors (Lipinski definition) is 2. The van der Waals surface area contributed by atoms with Crippen LogP contribution in [0.4, 0.5) is 0 Å². The number of nitriles is 1. The van der Waals surface area contributed by atoms with E-state index in [1.54, 1.807) is 13.8 Å². The maximum atomic E-state index is 10.5. The van der Waals surface area contributed by atoms with E-state index < -0.39 is 17.3 Å². The molecule has 1 rings (SSSR count). The van der Waals surface area contributed by atoms with Gasteiger partial charge in [0.1, 0.15) is 16.6 Å². The van der Waals surface area contributed by atoms with Crippen molar-refractivity contribution in [3.05, 3.63) is 0 Å². The zero-order valence-electron chi connectivity index (χ0n) is 9.23. The molecule has 0 aromatic carbocycles. The lowest BCUT2D eigenvalue weighted by molar-refractivity contribution is -0.255. The van der Waals surface area contributed by atoms with Crippen LogP contribution >= 0.6 is 12.6 Å². The quantitative estimate of drug-likeness (QED) is 0.699. The standard InChI is InChI=1S/C10H17NO3S/c1-7-10(12,4-5-11)9(2,13-3)6-8(15)14-7/h7-8,12,15H,4,6H2,1-3H3/t7-,8-,9+,10-/m0/s1. The van der Waals surface area contributed by atoms with Crippen LogP contribution in [0.2, 0.25) is 0 Å². The average Bonchev–Trinajstić information content (AvgIpc) is 2.15. The predicted octanol–water partition coefficient (Wildman–Crippen LogP) is 1.10. The Morgan fingerprint density at radius 2 is 2.33 bits per heavy atom. The summed E-state index contributed by atoms with van der Waals surface area (Å²) >= 11 is 4.24. The van der Waals surface area contributed by atoms with Crippen LogP contribution in [0.25, 0.3) is 0 Å². The largest absolute Gasteiger partial charge is 0.383 e. The van der Waals surface area contributed by atoms with Crippen LogP contribution in [-0.2, 0) is 9.47 Å². The zero-order chi connectivity index (χ0) is 11.7. The van der Waals surface area contributed by atoms with E-state index in [2.05, 4.69) is 12.6 Å². The molecule has 15 heavy (non-hydrogen) atoms. The Labute approximate surface area is 95.6 Å². The van der Waals surface area contributed by atoms with Crippen LogP contribution in [0.15, 0.2) is 0 Å². The van der Waals surface area contributed by atoms with E-state index in [-0.39, 0.29) is 11.9 Å². The van der Waals surface area contributed by atoms with Gasteiger partial charge in [0.05, 0.1) is 18.6 Å². The highest BCUT2D eigenvalue weighted by Gasteiger charge is 2.56. The Balaban J connectivity index is 3.03. The molecule has 1 aliphatic rings. The van der Waals surface area contributed by atoms with Gasteiger partial charge in [0.2, 0.25) is 0 Å². The van der Waals surface area contributed by atoms with Crippen molar-refractivity contribution in [1.82, 2.24) is 0 Å². The minimum Gasteiger partial charge on any atom is -0.383 e. The summed E-state index contributed by atoms with van der Waals surface area (Å²) in [7, 11) is 1.53. The van der Waals surface area contributed by atoms with Gasteiger partial charge in [-0.3, -0.25) is 0 Å². The van der Waals surface area contributed by atoms with Crippen LogP contribution in [0, 0.1) is 11.3 Å². The molecular formula is C10H17NO3S. The molecule has 1 fully saturated rings. The fraction of sp³-hybridized carbons (Fsp3) is 0.900. The highest BCUT2D eigenvalue weighted by atomic mass is 32.1. The lowest BCUT2D eigenvalue weighted by Crippen LogP contribution is -2.65. The van der Waals surface area contributed by atoms with Gasteiger partial charge in [-0.05, 0) is 13.8 Å². The number of aliphatic hydroxyl groups is 1. The van der Waals surface area contributed by atoms with E-state index in [1.165, 1.54) is 7.11 Å². The molecule has 0 aromatic heterocycles. The summed E-state index contributed by atoms with van der Waals surface area (Å²) in [4.78, 5) is 0. The van der Waals surface area contributed by atoms with Gasteiger partial charge < -0.3 is 14.6 Å². The minimum absolute atomic E-state index is 0.0149. The predicted molar refractivity (Wildman–Crippen MR) is 58.5 cm³/mol. The van der Waals surface area contributed by atoms with Gasteiger partial charge in [-0.25, -0.2) is 0 Å². The van der Waals surface area contributed by atoms with Crippen LogP contribution in [0.5, 0.6) is 0 Å². The molecule has 0 bridgehead atoms. The molecule has 0 unspecified atom stereocenters. The number of thiol groups is 1. The van der Waals surface area contributed by atoms with E-state index in [1.807, 2.05) is 6.07 Å². The smallest absolute Gasteiger partial charge is 0.132 e. The molecule has 5 heteroatoms. The van der Waals surface area contributed by atoms with Crippen LogP contribution in [-0.4, -0.2) is 35.0 Å². The molecule has 0 spiro atoms. The lowest BCUT2D eigenvalue weighted by Gasteiger charge is -2.51. The van der Waals surface area contributed by atoms with Crippen molar-refractivity contribution < 1.29 is 14.6 Å². The number of hydrogen-bond acceptors (Lipinski definition) is 5. The third-order valence-electron chi connectivity index (χ3n) is 3.31. The molecule has 1 aliphatic heterocycles. The average molecular weight is 231 g/mol. The van der Waals surface area contributed by atoms with Crippen molar-refractivity contribution in [2.24, 2.45) is 0 Å². The van der Waals surface area contributed by atoms with E-state index in [9.17, 15) is 5.11 Å². The van der Waals surface area contributed by atoms with Crippen LogP contribution in [0.3, 0.4) is 0 Å². The zero-order valence-corrected chi connectivity index (χ0v) is 10.1. The van der Waals surface area contributed by atoms with Gasteiger partial charge in [0.25, 0.3) is 0 Å². The Morgan fingerprint density at radius 3 is 2.80 bits per heavy atom. The Hall–Kier alpha value is -0.280. The molecule has 0 radical (unpaired) electrons. The number of methoxy groups -OCH3 is 1. The molecule has 1 heterocycles. The van der Waals surface area contributed by atoms with Gasteiger partial charge >= 0.3 is 0 Å². The first-order chi connectivity index (χ1) is 6.89. The molecule has 1 N–H and O–H groups in total. The third kappa shape index (κ3) is 2.00. The summed E-state index contributed by atoms with van der Waals surface area (Å²) in [6.07, 6.45) is -0.0351. The number of ether oxygens (including phenoxy) is 2. The first-order valence-corrected chi connectivity index (χ1v) is 5.39. The summed E-state index contributed by atoms with van der Waals surface area (Å²) in [5, 5.41) is 19.2. The molecule has 1 saturated heterocycles.